The molecule has 0 saturated carbocycles. The molecule has 0 amide bonds. The molecule has 1 unspecified atom stereocenters. The van der Waals surface area contributed by atoms with E-state index in [9.17, 15) is 4.39 Å². The number of likely N-dealkylation sites (N-methyl/N-ethyl adjacent to an activating group) is 1. The van der Waals surface area contributed by atoms with Gasteiger partial charge in [-0.1, -0.05) is 36.7 Å². The summed E-state index contributed by atoms with van der Waals surface area (Å²) in [6.07, 6.45) is 0. The van der Waals surface area contributed by atoms with Crippen molar-refractivity contribution in [1.29, 1.82) is 0 Å². The minimum Gasteiger partial charge on any atom is -0.492 e. The Balaban J connectivity index is 2.04. The second kappa shape index (κ2) is 7.27. The van der Waals surface area contributed by atoms with Gasteiger partial charge in [-0.3, -0.25) is 0 Å². The molecule has 0 aliphatic carbocycles. The maximum Gasteiger partial charge on any atom is 0.123 e. The second-order valence-electron chi connectivity index (χ2n) is 4.43. The van der Waals surface area contributed by atoms with Gasteiger partial charge < -0.3 is 10.1 Å². The highest BCUT2D eigenvalue weighted by molar-refractivity contribution is 6.30. The highest BCUT2D eigenvalue weighted by atomic mass is 35.5. The number of benzene rings is 2. The van der Waals surface area contributed by atoms with Gasteiger partial charge in [-0.05, 0) is 42.4 Å². The van der Waals surface area contributed by atoms with E-state index in [0.717, 1.165) is 17.9 Å². The molecule has 0 aromatic heterocycles. The smallest absolute Gasteiger partial charge is 0.123 e. The zero-order chi connectivity index (χ0) is 14.4. The van der Waals surface area contributed by atoms with E-state index >= 15 is 0 Å². The zero-order valence-corrected chi connectivity index (χ0v) is 12.0. The molecule has 0 radical (unpaired) electrons. The molecule has 2 aromatic carbocycles. The van der Waals surface area contributed by atoms with E-state index in [1.165, 1.54) is 12.1 Å². The van der Waals surface area contributed by atoms with Crippen molar-refractivity contribution in [2.45, 2.75) is 13.0 Å². The van der Waals surface area contributed by atoms with Gasteiger partial charge in [0.05, 0.1) is 6.04 Å². The van der Waals surface area contributed by atoms with Crippen molar-refractivity contribution in [3.05, 3.63) is 64.9 Å². The molecule has 2 aromatic rings. The van der Waals surface area contributed by atoms with Crippen molar-refractivity contribution in [2.75, 3.05) is 13.2 Å². The number of hydrogen-bond acceptors (Lipinski definition) is 2. The van der Waals surface area contributed by atoms with E-state index in [1.807, 2.05) is 19.1 Å². The molecule has 106 valence electrons. The van der Waals surface area contributed by atoms with Crippen LogP contribution in [0.1, 0.15) is 18.5 Å². The SMILES string of the molecule is CCNC(COc1cccc(Cl)c1)c1ccc(F)cc1. The third-order valence-corrected chi connectivity index (χ3v) is 3.17. The fourth-order valence-electron chi connectivity index (χ4n) is 1.95. The van der Waals surface area contributed by atoms with Crippen LogP contribution in [0, 0.1) is 5.82 Å². The Bertz CT molecular complexity index is 544. The first-order valence-electron chi connectivity index (χ1n) is 6.56. The first-order chi connectivity index (χ1) is 9.69. The summed E-state index contributed by atoms with van der Waals surface area (Å²) in [4.78, 5) is 0. The minimum absolute atomic E-state index is 0.0135. The van der Waals surface area contributed by atoms with Gasteiger partial charge >= 0.3 is 0 Å². The van der Waals surface area contributed by atoms with E-state index in [0.29, 0.717) is 11.6 Å². The molecule has 0 saturated heterocycles. The van der Waals surface area contributed by atoms with Gasteiger partial charge in [0.1, 0.15) is 18.2 Å². The van der Waals surface area contributed by atoms with Crippen molar-refractivity contribution < 1.29 is 9.13 Å². The molecule has 1 atom stereocenters. The predicted octanol–water partition coefficient (Wildman–Crippen LogP) is 4.21. The maximum absolute atomic E-state index is 13.0. The molecule has 2 nitrogen and oxygen atoms in total. The average molecular weight is 294 g/mol. The fraction of sp³-hybridized carbons (Fsp3) is 0.250. The Morgan fingerprint density at radius 3 is 2.60 bits per heavy atom. The van der Waals surface area contributed by atoms with E-state index < -0.39 is 0 Å². The van der Waals surface area contributed by atoms with E-state index in [1.54, 1.807) is 24.3 Å². The van der Waals surface area contributed by atoms with Crippen molar-refractivity contribution in [3.8, 4) is 5.75 Å². The summed E-state index contributed by atoms with van der Waals surface area (Å²) in [6.45, 7) is 3.29. The molecule has 0 bridgehead atoms. The van der Waals surface area contributed by atoms with Crippen molar-refractivity contribution in [1.82, 2.24) is 5.32 Å². The number of ether oxygens (including phenoxy) is 1. The lowest BCUT2D eigenvalue weighted by Gasteiger charge is -2.19. The first-order valence-corrected chi connectivity index (χ1v) is 6.94. The third-order valence-electron chi connectivity index (χ3n) is 2.94. The molecule has 2 rings (SSSR count). The average Bonchev–Trinajstić information content (AvgIpc) is 2.44. The number of hydrogen-bond donors (Lipinski definition) is 1. The maximum atomic E-state index is 13.0. The van der Waals surface area contributed by atoms with Crippen LogP contribution in [0.4, 0.5) is 4.39 Å². The topological polar surface area (TPSA) is 21.3 Å². The van der Waals surface area contributed by atoms with Crippen molar-refractivity contribution in [2.24, 2.45) is 0 Å². The summed E-state index contributed by atoms with van der Waals surface area (Å²) in [5, 5.41) is 3.97. The molecule has 1 N–H and O–H groups in total. The third kappa shape index (κ3) is 4.22. The molecule has 0 fully saturated rings. The summed E-state index contributed by atoms with van der Waals surface area (Å²) in [5.74, 6) is 0.488. The standard InChI is InChI=1S/C16H17ClFNO/c1-2-19-16(12-6-8-14(18)9-7-12)11-20-15-5-3-4-13(17)10-15/h3-10,16,19H,2,11H2,1H3. The summed E-state index contributed by atoms with van der Waals surface area (Å²) in [5.41, 5.74) is 0.996. The van der Waals surface area contributed by atoms with Crippen LogP contribution in [-0.4, -0.2) is 13.2 Å². The first kappa shape index (κ1) is 14.8. The Labute approximate surface area is 123 Å². The largest absolute Gasteiger partial charge is 0.492 e. The van der Waals surface area contributed by atoms with Crippen LogP contribution < -0.4 is 10.1 Å². The molecule has 0 spiro atoms. The quantitative estimate of drug-likeness (QED) is 0.861. The predicted molar refractivity (Wildman–Crippen MR) is 79.8 cm³/mol. The van der Waals surface area contributed by atoms with Crippen LogP contribution in [0.25, 0.3) is 0 Å². The van der Waals surface area contributed by atoms with Crippen LogP contribution in [0.2, 0.25) is 5.02 Å². The van der Waals surface area contributed by atoms with Gasteiger partial charge in [-0.25, -0.2) is 4.39 Å². The number of rotatable bonds is 6. The highest BCUT2D eigenvalue weighted by Gasteiger charge is 2.11. The van der Waals surface area contributed by atoms with Gasteiger partial charge in [0.2, 0.25) is 0 Å². The molecule has 0 aliphatic heterocycles. The Kier molecular flexibility index (Phi) is 5.39. The molecular formula is C16H17ClFNO. The highest BCUT2D eigenvalue weighted by Crippen LogP contribution is 2.20. The van der Waals surface area contributed by atoms with E-state index in [-0.39, 0.29) is 11.9 Å². The van der Waals surface area contributed by atoms with Gasteiger partial charge in [0, 0.05) is 5.02 Å². The molecule has 4 heteroatoms. The lowest BCUT2D eigenvalue weighted by Crippen LogP contribution is -2.26. The van der Waals surface area contributed by atoms with E-state index in [4.69, 9.17) is 16.3 Å². The molecule has 0 heterocycles. The van der Waals surface area contributed by atoms with Crippen molar-refractivity contribution >= 4 is 11.6 Å². The van der Waals surface area contributed by atoms with Gasteiger partial charge in [0.25, 0.3) is 0 Å². The molecule has 20 heavy (non-hydrogen) atoms. The Morgan fingerprint density at radius 2 is 1.95 bits per heavy atom. The zero-order valence-electron chi connectivity index (χ0n) is 11.3. The lowest BCUT2D eigenvalue weighted by molar-refractivity contribution is 0.268. The van der Waals surface area contributed by atoms with Crippen LogP contribution in [0.3, 0.4) is 0 Å². The molecule has 0 aliphatic rings. The van der Waals surface area contributed by atoms with Crippen molar-refractivity contribution in [3.63, 3.8) is 0 Å². The van der Waals surface area contributed by atoms with Crippen LogP contribution >= 0.6 is 11.6 Å². The van der Waals surface area contributed by atoms with Gasteiger partial charge in [-0.15, -0.1) is 0 Å². The van der Waals surface area contributed by atoms with Gasteiger partial charge in [0.15, 0.2) is 0 Å². The Morgan fingerprint density at radius 1 is 1.20 bits per heavy atom. The summed E-state index contributed by atoms with van der Waals surface area (Å²) < 4.78 is 18.7. The second-order valence-corrected chi connectivity index (χ2v) is 4.87. The fourth-order valence-corrected chi connectivity index (χ4v) is 2.13. The van der Waals surface area contributed by atoms with E-state index in [2.05, 4.69) is 5.32 Å². The number of nitrogens with one attached hydrogen (secondary N) is 1. The van der Waals surface area contributed by atoms with Crippen LogP contribution in [-0.2, 0) is 0 Å². The summed E-state index contributed by atoms with van der Waals surface area (Å²) in [7, 11) is 0. The monoisotopic (exact) mass is 293 g/mol. The summed E-state index contributed by atoms with van der Waals surface area (Å²) >= 11 is 5.92. The lowest BCUT2D eigenvalue weighted by atomic mass is 10.1. The number of halogens is 2. The van der Waals surface area contributed by atoms with Crippen LogP contribution in [0.15, 0.2) is 48.5 Å². The van der Waals surface area contributed by atoms with Gasteiger partial charge in [-0.2, -0.15) is 0 Å². The van der Waals surface area contributed by atoms with Crippen LogP contribution in [0.5, 0.6) is 5.75 Å². The normalized spacial score (nSPS) is 12.2. The Hall–Kier alpha value is -1.58. The molecular weight excluding hydrogens is 277 g/mol. The summed E-state index contributed by atoms with van der Waals surface area (Å²) in [6, 6.07) is 13.7. The minimum atomic E-state index is -0.236.